The number of benzene rings is 2. The summed E-state index contributed by atoms with van der Waals surface area (Å²) in [4.78, 5) is 40.4. The lowest BCUT2D eigenvalue weighted by molar-refractivity contribution is -0.160. The fraction of sp³-hybridized carbons (Fsp3) is 0.269. The van der Waals surface area contributed by atoms with Gasteiger partial charge in [0.25, 0.3) is 11.8 Å². The standard InChI is InChI=1S/C26H26N2O6/c1-32-21-13-11-20(12-14-21)27-24(29)23(18-7-3-2-4-8-18)34-26(31)19-9-5-15-28(17-19)25(30)22-10-6-16-33-22/h2-4,6-8,10-14,16,19,23H,5,9,15,17H2,1H3,(H,27,29)/t19-,23+/m0/s1. The lowest BCUT2D eigenvalue weighted by atomic mass is 9.97. The van der Waals surface area contributed by atoms with Crippen LogP contribution in [0.2, 0.25) is 0 Å². The molecule has 0 bridgehead atoms. The Morgan fingerprint density at radius 2 is 1.79 bits per heavy atom. The molecule has 4 rings (SSSR count). The van der Waals surface area contributed by atoms with Gasteiger partial charge in [0.2, 0.25) is 6.10 Å². The Bertz CT molecular complexity index is 1110. The first-order valence-electron chi connectivity index (χ1n) is 11.1. The number of hydrogen-bond acceptors (Lipinski definition) is 6. The molecule has 1 aliphatic heterocycles. The molecule has 0 radical (unpaired) electrons. The fourth-order valence-electron chi connectivity index (χ4n) is 3.91. The summed E-state index contributed by atoms with van der Waals surface area (Å²) in [5, 5.41) is 2.80. The van der Waals surface area contributed by atoms with Crippen LogP contribution in [0.1, 0.15) is 35.1 Å². The molecule has 0 aliphatic carbocycles. The van der Waals surface area contributed by atoms with E-state index in [9.17, 15) is 14.4 Å². The number of amides is 2. The monoisotopic (exact) mass is 462 g/mol. The molecule has 34 heavy (non-hydrogen) atoms. The Kier molecular flexibility index (Phi) is 7.27. The van der Waals surface area contributed by atoms with E-state index >= 15 is 0 Å². The van der Waals surface area contributed by atoms with Crippen LogP contribution in [0.25, 0.3) is 0 Å². The highest BCUT2D eigenvalue weighted by Crippen LogP contribution is 2.26. The van der Waals surface area contributed by atoms with Crippen LogP contribution in [0.4, 0.5) is 5.69 Å². The predicted molar refractivity (Wildman–Crippen MR) is 124 cm³/mol. The van der Waals surface area contributed by atoms with Crippen molar-refractivity contribution < 1.29 is 28.3 Å². The molecule has 8 nitrogen and oxygen atoms in total. The van der Waals surface area contributed by atoms with Gasteiger partial charge in [-0.2, -0.15) is 0 Å². The first-order chi connectivity index (χ1) is 16.5. The minimum absolute atomic E-state index is 0.208. The minimum atomic E-state index is -1.13. The van der Waals surface area contributed by atoms with Crippen molar-refractivity contribution in [2.24, 2.45) is 5.92 Å². The van der Waals surface area contributed by atoms with Crippen LogP contribution in [-0.2, 0) is 14.3 Å². The maximum atomic E-state index is 13.1. The van der Waals surface area contributed by atoms with Gasteiger partial charge in [-0.1, -0.05) is 30.3 Å². The third kappa shape index (κ3) is 5.46. The van der Waals surface area contributed by atoms with Gasteiger partial charge in [0, 0.05) is 24.3 Å². The fourth-order valence-corrected chi connectivity index (χ4v) is 3.91. The highest BCUT2D eigenvalue weighted by Gasteiger charge is 2.34. The molecular weight excluding hydrogens is 436 g/mol. The molecule has 1 N–H and O–H groups in total. The van der Waals surface area contributed by atoms with Crippen molar-refractivity contribution in [1.29, 1.82) is 0 Å². The Balaban J connectivity index is 1.46. The molecule has 2 amide bonds. The Morgan fingerprint density at radius 1 is 1.03 bits per heavy atom. The van der Waals surface area contributed by atoms with E-state index in [-0.39, 0.29) is 18.2 Å². The quantitative estimate of drug-likeness (QED) is 0.532. The molecule has 0 spiro atoms. The van der Waals surface area contributed by atoms with E-state index in [4.69, 9.17) is 13.9 Å². The molecule has 2 atom stereocenters. The van der Waals surface area contributed by atoms with Crippen molar-refractivity contribution in [3.05, 3.63) is 84.3 Å². The first-order valence-corrected chi connectivity index (χ1v) is 11.1. The number of carbonyl (C=O) groups is 3. The van der Waals surface area contributed by atoms with Gasteiger partial charge in [0.15, 0.2) is 5.76 Å². The molecule has 0 saturated carbocycles. The van der Waals surface area contributed by atoms with Crippen LogP contribution in [0.5, 0.6) is 5.75 Å². The molecule has 3 aromatic rings. The molecule has 1 aliphatic rings. The van der Waals surface area contributed by atoms with E-state index in [0.29, 0.717) is 36.4 Å². The summed E-state index contributed by atoms with van der Waals surface area (Å²) < 4.78 is 16.1. The SMILES string of the molecule is COc1ccc(NC(=O)[C@H](OC(=O)[C@H]2CCCN(C(=O)c3ccco3)C2)c2ccccc2)cc1. The number of methoxy groups -OCH3 is 1. The Labute approximate surface area is 197 Å². The van der Waals surface area contributed by atoms with Crippen LogP contribution in [-0.4, -0.2) is 42.9 Å². The number of piperidine rings is 1. The van der Waals surface area contributed by atoms with Crippen LogP contribution in [0.15, 0.2) is 77.4 Å². The third-order valence-electron chi connectivity index (χ3n) is 5.71. The average Bonchev–Trinajstić information content (AvgIpc) is 3.43. The number of anilines is 1. The summed E-state index contributed by atoms with van der Waals surface area (Å²) >= 11 is 0. The maximum Gasteiger partial charge on any atom is 0.311 e. The molecule has 2 heterocycles. The molecule has 176 valence electrons. The van der Waals surface area contributed by atoms with Crippen molar-refractivity contribution in [3.63, 3.8) is 0 Å². The van der Waals surface area contributed by atoms with Gasteiger partial charge >= 0.3 is 5.97 Å². The van der Waals surface area contributed by atoms with Crippen LogP contribution in [0.3, 0.4) is 0 Å². The van der Waals surface area contributed by atoms with Gasteiger partial charge in [-0.25, -0.2) is 0 Å². The van der Waals surface area contributed by atoms with Crippen molar-refractivity contribution >= 4 is 23.5 Å². The molecule has 1 saturated heterocycles. The average molecular weight is 463 g/mol. The molecule has 1 aromatic heterocycles. The second kappa shape index (κ2) is 10.7. The van der Waals surface area contributed by atoms with Gasteiger partial charge < -0.3 is 24.1 Å². The number of hydrogen-bond donors (Lipinski definition) is 1. The van der Waals surface area contributed by atoms with E-state index in [0.717, 1.165) is 0 Å². The number of nitrogens with zero attached hydrogens (tertiary/aromatic N) is 1. The van der Waals surface area contributed by atoms with Gasteiger partial charge in [-0.05, 0) is 49.2 Å². The zero-order chi connectivity index (χ0) is 23.9. The lowest BCUT2D eigenvalue weighted by Crippen LogP contribution is -2.43. The van der Waals surface area contributed by atoms with E-state index in [1.54, 1.807) is 72.7 Å². The minimum Gasteiger partial charge on any atom is -0.497 e. The van der Waals surface area contributed by atoms with Crippen LogP contribution >= 0.6 is 0 Å². The van der Waals surface area contributed by atoms with Gasteiger partial charge in [0.05, 0.1) is 19.3 Å². The summed E-state index contributed by atoms with van der Waals surface area (Å²) in [5.41, 5.74) is 1.11. The highest BCUT2D eigenvalue weighted by molar-refractivity contribution is 5.96. The van der Waals surface area contributed by atoms with Crippen LogP contribution < -0.4 is 10.1 Å². The normalized spacial score (nSPS) is 16.4. The highest BCUT2D eigenvalue weighted by atomic mass is 16.5. The second-order valence-electron chi connectivity index (χ2n) is 8.01. The Hall–Kier alpha value is -4.07. The molecule has 0 unspecified atom stereocenters. The number of esters is 1. The topological polar surface area (TPSA) is 98.1 Å². The third-order valence-corrected chi connectivity index (χ3v) is 5.71. The van der Waals surface area contributed by atoms with Crippen molar-refractivity contribution in [2.45, 2.75) is 18.9 Å². The van der Waals surface area contributed by atoms with E-state index in [1.165, 1.54) is 6.26 Å². The molecular formula is C26H26N2O6. The number of nitrogens with one attached hydrogen (secondary N) is 1. The van der Waals surface area contributed by atoms with E-state index < -0.39 is 23.9 Å². The van der Waals surface area contributed by atoms with Gasteiger partial charge in [-0.15, -0.1) is 0 Å². The smallest absolute Gasteiger partial charge is 0.311 e. The number of rotatable bonds is 7. The van der Waals surface area contributed by atoms with Crippen molar-refractivity contribution in [1.82, 2.24) is 4.90 Å². The van der Waals surface area contributed by atoms with Crippen LogP contribution in [0, 0.1) is 5.92 Å². The largest absolute Gasteiger partial charge is 0.497 e. The number of ether oxygens (including phenoxy) is 2. The van der Waals surface area contributed by atoms with Gasteiger partial charge in [-0.3, -0.25) is 14.4 Å². The van der Waals surface area contributed by atoms with Crippen molar-refractivity contribution in [3.8, 4) is 5.75 Å². The number of furan rings is 1. The summed E-state index contributed by atoms with van der Waals surface area (Å²) in [6, 6.07) is 19.0. The number of carbonyl (C=O) groups excluding carboxylic acids is 3. The lowest BCUT2D eigenvalue weighted by Gasteiger charge is -2.31. The van der Waals surface area contributed by atoms with Gasteiger partial charge in [0.1, 0.15) is 5.75 Å². The molecule has 2 aromatic carbocycles. The zero-order valence-electron chi connectivity index (χ0n) is 18.8. The summed E-state index contributed by atoms with van der Waals surface area (Å²) in [6.07, 6.45) is 1.53. The first kappa shape index (κ1) is 23.1. The van der Waals surface area contributed by atoms with E-state index in [2.05, 4.69) is 5.32 Å². The summed E-state index contributed by atoms with van der Waals surface area (Å²) in [6.45, 7) is 0.739. The predicted octanol–water partition coefficient (Wildman–Crippen LogP) is 4.06. The van der Waals surface area contributed by atoms with Crippen molar-refractivity contribution in [2.75, 3.05) is 25.5 Å². The summed E-state index contributed by atoms with van der Waals surface area (Å²) in [7, 11) is 1.56. The molecule has 1 fully saturated rings. The van der Waals surface area contributed by atoms with E-state index in [1.807, 2.05) is 6.07 Å². The number of likely N-dealkylation sites (tertiary alicyclic amines) is 1. The zero-order valence-corrected chi connectivity index (χ0v) is 18.8. The second-order valence-corrected chi connectivity index (χ2v) is 8.01. The summed E-state index contributed by atoms with van der Waals surface area (Å²) in [5.74, 6) is -0.892. The Morgan fingerprint density at radius 3 is 2.47 bits per heavy atom. The molecule has 8 heteroatoms. The maximum absolute atomic E-state index is 13.1.